The molecule has 0 saturated heterocycles. The SMILES string of the molecule is COc1cccc(-c2nc(/C=C/c3cnc(C#N)cn3)cs2)c1. The molecule has 2 heterocycles. The fourth-order valence-electron chi connectivity index (χ4n) is 1.90. The topological polar surface area (TPSA) is 71.7 Å². The zero-order chi connectivity index (χ0) is 16.1. The molecule has 1 aromatic carbocycles. The molecule has 2 aromatic heterocycles. The average Bonchev–Trinajstić information content (AvgIpc) is 3.09. The predicted octanol–water partition coefficient (Wildman–Crippen LogP) is 3.65. The maximum absolute atomic E-state index is 8.70. The van der Waals surface area contributed by atoms with Crippen LogP contribution in [0.2, 0.25) is 0 Å². The minimum absolute atomic E-state index is 0.302. The van der Waals surface area contributed by atoms with Crippen LogP contribution in [0.3, 0.4) is 0 Å². The molecule has 0 atom stereocenters. The summed E-state index contributed by atoms with van der Waals surface area (Å²) < 4.78 is 5.23. The maximum Gasteiger partial charge on any atom is 0.158 e. The van der Waals surface area contributed by atoms with Gasteiger partial charge in [-0.3, -0.25) is 4.98 Å². The van der Waals surface area contributed by atoms with Crippen LogP contribution in [-0.4, -0.2) is 22.1 Å². The summed E-state index contributed by atoms with van der Waals surface area (Å²) in [5, 5.41) is 11.6. The number of hydrogen-bond acceptors (Lipinski definition) is 6. The van der Waals surface area contributed by atoms with E-state index >= 15 is 0 Å². The molecule has 0 aliphatic carbocycles. The van der Waals surface area contributed by atoms with Gasteiger partial charge in [-0.05, 0) is 24.3 Å². The van der Waals surface area contributed by atoms with Crippen molar-refractivity contribution in [3.63, 3.8) is 0 Å². The number of benzene rings is 1. The first-order valence-corrected chi connectivity index (χ1v) is 7.66. The first kappa shape index (κ1) is 14.9. The third kappa shape index (κ3) is 3.59. The van der Waals surface area contributed by atoms with Gasteiger partial charge in [-0.25, -0.2) is 9.97 Å². The first-order valence-electron chi connectivity index (χ1n) is 6.78. The summed E-state index contributed by atoms with van der Waals surface area (Å²) in [4.78, 5) is 12.7. The van der Waals surface area contributed by atoms with E-state index in [2.05, 4.69) is 15.0 Å². The zero-order valence-corrected chi connectivity index (χ0v) is 13.1. The highest BCUT2D eigenvalue weighted by Crippen LogP contribution is 2.27. The van der Waals surface area contributed by atoms with Crippen molar-refractivity contribution >= 4 is 23.5 Å². The van der Waals surface area contributed by atoms with E-state index in [-0.39, 0.29) is 0 Å². The summed E-state index contributed by atoms with van der Waals surface area (Å²) in [5.41, 5.74) is 2.85. The van der Waals surface area contributed by atoms with Gasteiger partial charge in [0, 0.05) is 10.9 Å². The lowest BCUT2D eigenvalue weighted by atomic mass is 10.2. The molecular formula is C17H12N4OS. The van der Waals surface area contributed by atoms with E-state index < -0.39 is 0 Å². The molecule has 0 bridgehead atoms. The molecule has 0 fully saturated rings. The third-order valence-corrected chi connectivity index (χ3v) is 3.96. The van der Waals surface area contributed by atoms with Crippen LogP contribution in [0.1, 0.15) is 17.1 Å². The van der Waals surface area contributed by atoms with Gasteiger partial charge in [-0.15, -0.1) is 11.3 Å². The molecule has 3 aromatic rings. The molecule has 6 heteroatoms. The van der Waals surface area contributed by atoms with E-state index in [0.717, 1.165) is 22.0 Å². The Labute approximate surface area is 137 Å². The molecular weight excluding hydrogens is 308 g/mol. The highest BCUT2D eigenvalue weighted by atomic mass is 32.1. The van der Waals surface area contributed by atoms with Crippen molar-refractivity contribution in [2.45, 2.75) is 0 Å². The molecule has 5 nitrogen and oxygen atoms in total. The van der Waals surface area contributed by atoms with Gasteiger partial charge in [0.1, 0.15) is 16.8 Å². The largest absolute Gasteiger partial charge is 0.497 e. The molecule has 0 unspecified atom stereocenters. The Bertz CT molecular complexity index is 878. The number of methoxy groups -OCH3 is 1. The Morgan fingerprint density at radius 3 is 2.78 bits per heavy atom. The van der Waals surface area contributed by atoms with Crippen molar-refractivity contribution < 1.29 is 4.74 Å². The second-order valence-electron chi connectivity index (χ2n) is 4.58. The van der Waals surface area contributed by atoms with E-state index in [9.17, 15) is 0 Å². The second-order valence-corrected chi connectivity index (χ2v) is 5.44. The van der Waals surface area contributed by atoms with E-state index in [0.29, 0.717) is 11.4 Å². The van der Waals surface area contributed by atoms with Crippen LogP contribution >= 0.6 is 11.3 Å². The lowest BCUT2D eigenvalue weighted by molar-refractivity contribution is 0.415. The van der Waals surface area contributed by atoms with Gasteiger partial charge in [-0.1, -0.05) is 12.1 Å². The Kier molecular flexibility index (Phi) is 4.41. The van der Waals surface area contributed by atoms with Crippen LogP contribution in [0, 0.1) is 11.3 Å². The van der Waals surface area contributed by atoms with Crippen molar-refractivity contribution in [1.82, 2.24) is 15.0 Å². The Morgan fingerprint density at radius 1 is 1.17 bits per heavy atom. The van der Waals surface area contributed by atoms with Crippen LogP contribution in [0.25, 0.3) is 22.7 Å². The first-order chi connectivity index (χ1) is 11.3. The quantitative estimate of drug-likeness (QED) is 0.733. The lowest BCUT2D eigenvalue weighted by Crippen LogP contribution is -1.87. The molecule has 0 saturated carbocycles. The lowest BCUT2D eigenvalue weighted by Gasteiger charge is -2.00. The molecule has 23 heavy (non-hydrogen) atoms. The number of aromatic nitrogens is 3. The fourth-order valence-corrected chi connectivity index (χ4v) is 2.69. The Morgan fingerprint density at radius 2 is 2.04 bits per heavy atom. The number of nitriles is 1. The number of thiazole rings is 1. The Balaban J connectivity index is 1.78. The maximum atomic E-state index is 8.70. The Hall–Kier alpha value is -3.04. The number of nitrogens with zero attached hydrogens (tertiary/aromatic N) is 4. The van der Waals surface area contributed by atoms with E-state index in [1.807, 2.05) is 47.9 Å². The minimum Gasteiger partial charge on any atom is -0.497 e. The number of rotatable bonds is 4. The van der Waals surface area contributed by atoms with Gasteiger partial charge in [0.25, 0.3) is 0 Å². The fraction of sp³-hybridized carbons (Fsp3) is 0.0588. The van der Waals surface area contributed by atoms with Gasteiger partial charge >= 0.3 is 0 Å². The van der Waals surface area contributed by atoms with Crippen molar-refractivity contribution in [1.29, 1.82) is 5.26 Å². The molecule has 112 valence electrons. The van der Waals surface area contributed by atoms with Crippen molar-refractivity contribution in [2.24, 2.45) is 0 Å². The van der Waals surface area contributed by atoms with E-state index in [4.69, 9.17) is 10.00 Å². The highest BCUT2D eigenvalue weighted by molar-refractivity contribution is 7.13. The van der Waals surface area contributed by atoms with Gasteiger partial charge in [0.05, 0.1) is 30.9 Å². The van der Waals surface area contributed by atoms with Crippen molar-refractivity contribution in [3.05, 3.63) is 59.1 Å². The number of ether oxygens (including phenoxy) is 1. The summed E-state index contributed by atoms with van der Waals surface area (Å²) in [6, 6.07) is 9.74. The van der Waals surface area contributed by atoms with E-state index in [1.165, 1.54) is 6.20 Å². The molecule has 0 N–H and O–H groups in total. The zero-order valence-electron chi connectivity index (χ0n) is 12.3. The van der Waals surface area contributed by atoms with Crippen LogP contribution in [0.4, 0.5) is 0 Å². The minimum atomic E-state index is 0.302. The van der Waals surface area contributed by atoms with Crippen LogP contribution in [-0.2, 0) is 0 Å². The molecule has 0 radical (unpaired) electrons. The second kappa shape index (κ2) is 6.81. The third-order valence-electron chi connectivity index (χ3n) is 3.05. The summed E-state index contributed by atoms with van der Waals surface area (Å²) in [5.74, 6) is 0.808. The number of hydrogen-bond donors (Lipinski definition) is 0. The average molecular weight is 320 g/mol. The monoisotopic (exact) mass is 320 g/mol. The predicted molar refractivity (Wildman–Crippen MR) is 89.8 cm³/mol. The summed E-state index contributed by atoms with van der Waals surface area (Å²) in [7, 11) is 1.65. The van der Waals surface area contributed by atoms with Crippen LogP contribution in [0.5, 0.6) is 5.75 Å². The molecule has 0 spiro atoms. The van der Waals surface area contributed by atoms with Gasteiger partial charge < -0.3 is 4.74 Å². The van der Waals surface area contributed by atoms with Gasteiger partial charge in [0.2, 0.25) is 0 Å². The smallest absolute Gasteiger partial charge is 0.158 e. The standard InChI is InChI=1S/C17H12N4OS/c1-22-16-4-2-3-12(7-16)17-21-14(11-23-17)6-5-13-9-20-15(8-18)10-19-13/h2-7,9-11H,1H3/b6-5+. The van der Waals surface area contributed by atoms with Crippen LogP contribution in [0.15, 0.2) is 42.0 Å². The van der Waals surface area contributed by atoms with Crippen molar-refractivity contribution in [2.75, 3.05) is 7.11 Å². The normalized spacial score (nSPS) is 10.6. The summed E-state index contributed by atoms with van der Waals surface area (Å²) >= 11 is 1.57. The summed E-state index contributed by atoms with van der Waals surface area (Å²) in [6.45, 7) is 0. The van der Waals surface area contributed by atoms with Crippen molar-refractivity contribution in [3.8, 4) is 22.4 Å². The van der Waals surface area contributed by atoms with Gasteiger partial charge in [-0.2, -0.15) is 5.26 Å². The van der Waals surface area contributed by atoms with Crippen LogP contribution < -0.4 is 4.74 Å². The molecule has 0 aliphatic rings. The summed E-state index contributed by atoms with van der Waals surface area (Å²) in [6.07, 6.45) is 6.70. The highest BCUT2D eigenvalue weighted by Gasteiger charge is 2.04. The molecule has 0 amide bonds. The molecule has 3 rings (SSSR count). The van der Waals surface area contributed by atoms with E-state index in [1.54, 1.807) is 24.6 Å². The van der Waals surface area contributed by atoms with Gasteiger partial charge in [0.15, 0.2) is 5.69 Å². The molecule has 0 aliphatic heterocycles.